The Morgan fingerprint density at radius 3 is 0.958 bits per heavy atom. The largest absolute Gasteiger partial charge is 0.456 e. The third-order valence-corrected chi connectivity index (χ3v) is 42.0. The van der Waals surface area contributed by atoms with E-state index in [9.17, 15) is 38.4 Å². The summed E-state index contributed by atoms with van der Waals surface area (Å²) in [7, 11) is 0. The molecule has 12 bridgehead atoms. The van der Waals surface area contributed by atoms with E-state index in [0.717, 1.165) is 196 Å². The molecule has 16 nitrogen and oxygen atoms in total. The van der Waals surface area contributed by atoms with Crippen LogP contribution in [0, 0.1) is 141 Å². The van der Waals surface area contributed by atoms with E-state index >= 15 is 0 Å². The smallest absolute Gasteiger partial charge is 0.333 e. The molecule has 0 saturated heterocycles. The summed E-state index contributed by atoms with van der Waals surface area (Å²) in [5.41, 5.74) is 0.655. The van der Waals surface area contributed by atoms with Gasteiger partial charge < -0.3 is 37.9 Å². The zero-order valence-electron chi connectivity index (χ0n) is 91.8. The average Bonchev–Trinajstić information content (AvgIpc) is 1.21. The molecule has 0 aliphatic heterocycles. The number of carbonyl (C=O) groups is 8. The molecule has 0 radical (unpaired) electrons. The summed E-state index contributed by atoms with van der Waals surface area (Å²) in [6.07, 6.45) is 76.1. The van der Waals surface area contributed by atoms with Gasteiger partial charge in [-0.1, -0.05) is 182 Å². The van der Waals surface area contributed by atoms with Crippen LogP contribution in [-0.2, 0) is 76.3 Å². The molecule has 22 aliphatic rings. The fraction of sp³-hybridized carbons (Fsp3) is 0.810. The number of fused-ring (bicyclic) bond motifs is 14. The molecule has 796 valence electrons. The molecule has 0 N–H and O–H groups in total. The van der Waals surface area contributed by atoms with Crippen LogP contribution in [0.4, 0.5) is 0 Å². The number of unbranched alkanes of at least 4 members (excludes halogenated alkanes) is 2. The van der Waals surface area contributed by atoms with Crippen molar-refractivity contribution in [2.45, 2.75) is 501 Å². The van der Waals surface area contributed by atoms with Crippen molar-refractivity contribution in [1.29, 1.82) is 0 Å². The van der Waals surface area contributed by atoms with Crippen molar-refractivity contribution in [2.75, 3.05) is 0 Å². The molecule has 0 amide bonds. The molecule has 0 spiro atoms. The number of hydrogen-bond acceptors (Lipinski definition) is 16. The predicted molar refractivity (Wildman–Crippen MR) is 568 cm³/mol. The van der Waals surface area contributed by atoms with Crippen LogP contribution in [-0.4, -0.2) is 92.6 Å². The first-order valence-electron chi connectivity index (χ1n) is 58.3. The Balaban J connectivity index is 0.000000137. The van der Waals surface area contributed by atoms with Gasteiger partial charge in [0.05, 0.1) is 0 Å². The Bertz CT molecular complexity index is 4370. The summed E-state index contributed by atoms with van der Waals surface area (Å²) < 4.78 is 46.1. The van der Waals surface area contributed by atoms with E-state index in [4.69, 9.17) is 37.9 Å². The SMILES string of the molecule is C=C(C)C(=O)OC(C)(CCCC)C12CC3CC(CC(C3)C1)C2.C=C(C)C(=O)OC1(C)CC2CC1C1CCCC21.C=C(C)C(=O)OC1(C)CCC2CCCCC2C1.C=C(C)C(=O)OC1(C)CCCC2CCCCC21.C=CC(=O)OC(C)(CCCC)C12CC3CC(CC(C3)C1)C2.C=CC(=O)OC1(C)CC2CC1C1CCCC21.C=CC(=O)OC1(C)CCC2CCCCC2C1.C=CC(=O)OC1(C)CCCC2CCCCC21. The Hall–Kier alpha value is -6.32. The van der Waals surface area contributed by atoms with E-state index in [-0.39, 0.29) is 103 Å². The van der Waals surface area contributed by atoms with Crippen molar-refractivity contribution in [3.8, 4) is 0 Å². The summed E-state index contributed by atoms with van der Waals surface area (Å²) in [4.78, 5) is 93.5. The van der Waals surface area contributed by atoms with Crippen LogP contribution in [0.2, 0.25) is 0 Å². The van der Waals surface area contributed by atoms with Crippen LogP contribution < -0.4 is 0 Å². The quantitative estimate of drug-likeness (QED) is 0.0500. The molecule has 142 heavy (non-hydrogen) atoms. The molecule has 0 heterocycles. The Morgan fingerprint density at radius 2 is 0.585 bits per heavy atom. The van der Waals surface area contributed by atoms with Gasteiger partial charge in [0.1, 0.15) is 44.8 Å². The van der Waals surface area contributed by atoms with Crippen molar-refractivity contribution in [3.05, 3.63) is 99.2 Å². The summed E-state index contributed by atoms with van der Waals surface area (Å²) in [5, 5.41) is 0. The van der Waals surface area contributed by atoms with Crippen molar-refractivity contribution >= 4 is 47.8 Å². The summed E-state index contributed by atoms with van der Waals surface area (Å²) >= 11 is 0. The number of rotatable bonds is 24. The molecule has 16 heteroatoms. The molecule has 22 aliphatic carbocycles. The minimum absolute atomic E-state index is 0.186. The fourth-order valence-corrected chi connectivity index (χ4v) is 35.8. The first kappa shape index (κ1) is 113. The average molecular weight is 1970 g/mol. The van der Waals surface area contributed by atoms with Crippen LogP contribution in [0.1, 0.15) is 456 Å². The molecule has 24 atom stereocenters. The van der Waals surface area contributed by atoms with E-state index in [1.165, 1.54) is 294 Å². The zero-order chi connectivity index (χ0) is 103. The number of esters is 8. The van der Waals surface area contributed by atoms with Gasteiger partial charge in [-0.05, 0) is 434 Å². The van der Waals surface area contributed by atoms with Gasteiger partial charge in [-0.25, -0.2) is 38.4 Å². The summed E-state index contributed by atoms with van der Waals surface area (Å²) in [6, 6.07) is 0. The zero-order valence-corrected chi connectivity index (χ0v) is 91.8. The molecule has 22 rings (SSSR count). The molecular weight excluding hydrogens is 1770 g/mol. The van der Waals surface area contributed by atoms with Gasteiger partial charge in [0.2, 0.25) is 0 Å². The van der Waals surface area contributed by atoms with Crippen LogP contribution in [0.5, 0.6) is 0 Å². The molecule has 0 aromatic rings. The third-order valence-electron chi connectivity index (χ3n) is 42.0. The number of carbonyl (C=O) groups excluding carboxylic acids is 8. The van der Waals surface area contributed by atoms with Gasteiger partial charge in [-0.3, -0.25) is 0 Å². The number of hydrogen-bond donors (Lipinski definition) is 0. The van der Waals surface area contributed by atoms with Gasteiger partial charge in [-0.15, -0.1) is 0 Å². The minimum atomic E-state index is -0.297. The highest BCUT2D eigenvalue weighted by Crippen LogP contribution is 2.69. The Kier molecular flexibility index (Phi) is 38.2. The molecular formula is C126H196O16. The van der Waals surface area contributed by atoms with E-state index in [2.05, 4.69) is 122 Å². The molecule has 0 aromatic carbocycles. The van der Waals surface area contributed by atoms with E-state index in [1.54, 1.807) is 27.7 Å². The fourth-order valence-electron chi connectivity index (χ4n) is 35.8. The normalized spacial score (nSPS) is 40.6. The molecule has 0 aromatic heterocycles. The monoisotopic (exact) mass is 1970 g/mol. The molecule has 22 fully saturated rings. The van der Waals surface area contributed by atoms with Crippen LogP contribution in [0.25, 0.3) is 0 Å². The van der Waals surface area contributed by atoms with Gasteiger partial charge in [0, 0.05) is 81.1 Å². The molecule has 24 unspecified atom stereocenters. The lowest BCUT2D eigenvalue weighted by Gasteiger charge is -2.62. The van der Waals surface area contributed by atoms with Crippen molar-refractivity contribution in [2.24, 2.45) is 141 Å². The molecule has 22 saturated carbocycles. The highest BCUT2D eigenvalue weighted by Gasteiger charge is 2.65. The van der Waals surface area contributed by atoms with E-state index in [0.29, 0.717) is 46.0 Å². The first-order chi connectivity index (χ1) is 67.3. The predicted octanol–water partition coefficient (Wildman–Crippen LogP) is 31.0. The second kappa shape index (κ2) is 48.1. The topological polar surface area (TPSA) is 210 Å². The summed E-state index contributed by atoms with van der Waals surface area (Å²) in [5.74, 6) is 16.0. The van der Waals surface area contributed by atoms with Crippen LogP contribution in [0.3, 0.4) is 0 Å². The lowest BCUT2D eigenvalue weighted by molar-refractivity contribution is -0.203. The maximum absolute atomic E-state index is 12.3. The van der Waals surface area contributed by atoms with E-state index in [1.807, 2.05) is 0 Å². The van der Waals surface area contributed by atoms with Crippen molar-refractivity contribution < 1.29 is 76.3 Å². The van der Waals surface area contributed by atoms with Crippen LogP contribution in [0.15, 0.2) is 99.2 Å². The van der Waals surface area contributed by atoms with Gasteiger partial charge >= 0.3 is 47.8 Å². The van der Waals surface area contributed by atoms with Crippen molar-refractivity contribution in [1.82, 2.24) is 0 Å². The lowest BCUT2D eigenvalue weighted by atomic mass is 9.45. The Morgan fingerprint density at radius 1 is 0.282 bits per heavy atom. The van der Waals surface area contributed by atoms with E-state index < -0.39 is 0 Å². The maximum atomic E-state index is 12.3. The second-order valence-corrected chi connectivity index (χ2v) is 52.7. The highest BCUT2D eigenvalue weighted by atomic mass is 16.6. The Labute approximate surface area is 860 Å². The van der Waals surface area contributed by atoms with Crippen molar-refractivity contribution in [3.63, 3.8) is 0 Å². The summed E-state index contributed by atoms with van der Waals surface area (Å²) in [6.45, 7) is 57.4. The lowest BCUT2D eigenvalue weighted by Crippen LogP contribution is -2.58. The van der Waals surface area contributed by atoms with Gasteiger partial charge in [0.15, 0.2) is 0 Å². The number of ether oxygens (including phenoxy) is 8. The maximum Gasteiger partial charge on any atom is 0.333 e. The van der Waals surface area contributed by atoms with Crippen LogP contribution >= 0.6 is 0 Å². The van der Waals surface area contributed by atoms with Gasteiger partial charge in [0.25, 0.3) is 0 Å². The van der Waals surface area contributed by atoms with Gasteiger partial charge in [-0.2, -0.15) is 0 Å². The first-order valence-corrected chi connectivity index (χ1v) is 58.3. The second-order valence-electron chi connectivity index (χ2n) is 52.7. The highest BCUT2D eigenvalue weighted by molar-refractivity contribution is 5.89. The minimum Gasteiger partial charge on any atom is -0.456 e. The standard InChI is InChI=1S/C20H32O2.C19H30O2.C15H22O2.2C15H24O2.C14H20O2.2C14H22O2/c1-5-6-7-19(4,22-18(21)14(2)3)20-11-15-8-16(12-20)10-17(9-15)13-20;1-4-6-7-18(3,21-17(20)5-2)19-11-14-8-15(12-19)10-16(9-14)13-19;1-9(2)14(16)17-15(3)8-10-7-13(15)12-6-4-5-11(10)12;1-11(2)14(16)17-15(3)10-6-8-12-7-4-5-9-13(12)15;1-11(2)14(16)17-15(3)9-8-12-6-4-5-7-13(12)10-15;1-3-13(15)16-14(2)8-9-7-12(14)11-6-4-5-10(9)11;1-3-13(15)16-14(2)10-6-8-11-7-4-5-9-12(11)14;1-3-13(15)16-14(2)9-8-11-6-4-5-7-12(11)10-14/h15-17H,2,5-13H2,1,3-4H3;5,14-16H,2,4,6-13H2,1,3H3;10-13H,1,4-8H2,2-3H3;2*12-13H,1,4-10H2,2-3H3;3,9-12H,1,4-8H2,2H3;2*3,11-12H,1,4-10H2,2H3. The third kappa shape index (κ3) is 26.6.